The maximum atomic E-state index is 4.28. The summed E-state index contributed by atoms with van der Waals surface area (Å²) in [7, 11) is 1.98. The molecule has 0 amide bonds. The molecule has 0 spiro atoms. The second kappa shape index (κ2) is 6.33. The molecule has 3 rings (SSSR count). The highest BCUT2D eigenvalue weighted by Crippen LogP contribution is 2.35. The number of nitrogens with one attached hydrogen (secondary N) is 1. The molecule has 1 atom stereocenters. The lowest BCUT2D eigenvalue weighted by Crippen LogP contribution is -2.21. The predicted molar refractivity (Wildman–Crippen MR) is 87.5 cm³/mol. The molecule has 2 aromatic heterocycles. The lowest BCUT2D eigenvalue weighted by atomic mass is 10.1. The van der Waals surface area contributed by atoms with Gasteiger partial charge in [0.2, 0.25) is 0 Å². The molecule has 0 radical (unpaired) electrons. The summed E-state index contributed by atoms with van der Waals surface area (Å²) in [6.45, 7) is 3.18. The van der Waals surface area contributed by atoms with E-state index in [1.807, 2.05) is 29.3 Å². The van der Waals surface area contributed by atoms with Gasteiger partial charge in [-0.1, -0.05) is 6.92 Å². The molecule has 0 aliphatic carbocycles. The number of likely N-dealkylation sites (N-methyl/N-ethyl adjacent to an activating group) is 1. The van der Waals surface area contributed by atoms with E-state index in [2.05, 4.69) is 41.4 Å². The van der Waals surface area contributed by atoms with Crippen LogP contribution in [0.5, 0.6) is 0 Å². The number of rotatable bonds is 5. The van der Waals surface area contributed by atoms with Crippen molar-refractivity contribution >= 4 is 23.1 Å². The van der Waals surface area contributed by atoms with Crippen molar-refractivity contribution < 1.29 is 0 Å². The van der Waals surface area contributed by atoms with E-state index in [1.54, 1.807) is 10.4 Å². The van der Waals surface area contributed by atoms with Gasteiger partial charge >= 0.3 is 0 Å². The van der Waals surface area contributed by atoms with Crippen molar-refractivity contribution in [3.63, 3.8) is 0 Å². The maximum Gasteiger partial charge on any atom is 0.0522 e. The first-order valence-electron chi connectivity index (χ1n) is 7.16. The van der Waals surface area contributed by atoms with Gasteiger partial charge in [-0.15, -0.1) is 11.3 Å². The van der Waals surface area contributed by atoms with Crippen LogP contribution < -0.4 is 5.32 Å². The number of aryl methyl sites for hydroxylation is 2. The fourth-order valence-electron chi connectivity index (χ4n) is 2.67. The van der Waals surface area contributed by atoms with E-state index in [-0.39, 0.29) is 0 Å². The third-order valence-corrected chi connectivity index (χ3v) is 6.00. The zero-order valence-corrected chi connectivity index (χ0v) is 13.7. The average molecular weight is 307 g/mol. The molecular formula is C15H21N3S2. The number of aromatic nitrogens is 2. The van der Waals surface area contributed by atoms with Crippen molar-refractivity contribution in [3.05, 3.63) is 39.3 Å². The van der Waals surface area contributed by atoms with Crippen LogP contribution in [-0.2, 0) is 25.6 Å². The van der Waals surface area contributed by atoms with Gasteiger partial charge in [-0.2, -0.15) is 16.9 Å². The van der Waals surface area contributed by atoms with Gasteiger partial charge in [0, 0.05) is 34.8 Å². The van der Waals surface area contributed by atoms with Crippen LogP contribution in [0.1, 0.15) is 33.8 Å². The summed E-state index contributed by atoms with van der Waals surface area (Å²) in [4.78, 5) is 3.09. The summed E-state index contributed by atoms with van der Waals surface area (Å²) in [6, 6.07) is 2.85. The first-order chi connectivity index (χ1) is 9.76. The van der Waals surface area contributed by atoms with Crippen LogP contribution in [0.15, 0.2) is 18.5 Å². The fourth-order valence-corrected chi connectivity index (χ4v) is 5.13. The minimum absolute atomic E-state index is 0.421. The average Bonchev–Trinajstić information content (AvgIpc) is 3.04. The van der Waals surface area contributed by atoms with Crippen molar-refractivity contribution in [1.82, 2.24) is 15.1 Å². The molecule has 3 heterocycles. The van der Waals surface area contributed by atoms with Gasteiger partial charge in [0.1, 0.15) is 0 Å². The fraction of sp³-hybridized carbons (Fsp3) is 0.533. The van der Waals surface area contributed by atoms with Crippen molar-refractivity contribution in [3.8, 4) is 0 Å². The van der Waals surface area contributed by atoms with Gasteiger partial charge in [0.05, 0.1) is 6.20 Å². The second-order valence-electron chi connectivity index (χ2n) is 5.24. The number of thioether (sulfide) groups is 1. The quantitative estimate of drug-likeness (QED) is 0.920. The Labute approximate surface area is 128 Å². The number of hydrogen-bond acceptors (Lipinski definition) is 4. The molecule has 0 saturated heterocycles. The minimum Gasteiger partial charge on any atom is -0.309 e. The van der Waals surface area contributed by atoms with Crippen LogP contribution in [-0.4, -0.2) is 22.1 Å². The summed E-state index contributed by atoms with van der Waals surface area (Å²) in [5.74, 6) is 2.47. The molecule has 108 valence electrons. The summed E-state index contributed by atoms with van der Waals surface area (Å²) in [5.41, 5.74) is 2.87. The monoisotopic (exact) mass is 307 g/mol. The van der Waals surface area contributed by atoms with Gasteiger partial charge in [0.25, 0.3) is 0 Å². The van der Waals surface area contributed by atoms with Crippen molar-refractivity contribution in [2.75, 3.05) is 12.3 Å². The largest absolute Gasteiger partial charge is 0.309 e. The number of nitrogens with zero attached hydrogens (tertiary/aromatic N) is 2. The van der Waals surface area contributed by atoms with Crippen LogP contribution in [0.3, 0.4) is 0 Å². The normalized spacial score (nSPS) is 16.1. The highest BCUT2D eigenvalue weighted by molar-refractivity contribution is 7.98. The lowest BCUT2D eigenvalue weighted by Gasteiger charge is -2.15. The van der Waals surface area contributed by atoms with E-state index in [4.69, 9.17) is 0 Å². The lowest BCUT2D eigenvalue weighted by molar-refractivity contribution is 0.558. The van der Waals surface area contributed by atoms with Crippen molar-refractivity contribution in [2.45, 2.75) is 31.6 Å². The standard InChI is InChI=1S/C15H21N3S2/c1-3-16-13(6-11-8-17-18(2)9-11)15-7-12-10-19-5-4-14(12)20-15/h7-9,13,16H,3-6,10H2,1-2H3. The maximum absolute atomic E-state index is 4.28. The second-order valence-corrected chi connectivity index (χ2v) is 7.51. The molecule has 3 nitrogen and oxygen atoms in total. The predicted octanol–water partition coefficient (Wildman–Crippen LogP) is 3.16. The molecule has 5 heteroatoms. The highest BCUT2D eigenvalue weighted by Gasteiger charge is 2.19. The Balaban J connectivity index is 1.80. The first-order valence-corrected chi connectivity index (χ1v) is 9.13. The Bertz CT molecular complexity index is 550. The Kier molecular flexibility index (Phi) is 4.48. The molecule has 1 aliphatic rings. The van der Waals surface area contributed by atoms with Gasteiger partial charge in [0.15, 0.2) is 0 Å². The van der Waals surface area contributed by atoms with Crippen LogP contribution in [0.2, 0.25) is 0 Å². The molecule has 1 aliphatic heterocycles. The first kappa shape index (κ1) is 14.2. The van der Waals surface area contributed by atoms with Gasteiger partial charge in [-0.05, 0) is 42.3 Å². The Morgan fingerprint density at radius 3 is 3.10 bits per heavy atom. The molecule has 0 saturated carbocycles. The molecule has 0 bridgehead atoms. The van der Waals surface area contributed by atoms with E-state index in [1.165, 1.54) is 28.4 Å². The summed E-state index contributed by atoms with van der Waals surface area (Å²) in [6.07, 6.45) is 6.37. The van der Waals surface area contributed by atoms with E-state index in [0.717, 1.165) is 13.0 Å². The number of thiophene rings is 1. The van der Waals surface area contributed by atoms with E-state index < -0.39 is 0 Å². The third-order valence-electron chi connectivity index (χ3n) is 3.64. The molecule has 0 fully saturated rings. The number of hydrogen-bond donors (Lipinski definition) is 1. The highest BCUT2D eigenvalue weighted by atomic mass is 32.2. The molecule has 0 aromatic carbocycles. The van der Waals surface area contributed by atoms with Gasteiger partial charge < -0.3 is 5.32 Å². The van der Waals surface area contributed by atoms with Crippen LogP contribution in [0.4, 0.5) is 0 Å². The molecular weight excluding hydrogens is 286 g/mol. The van der Waals surface area contributed by atoms with Crippen molar-refractivity contribution in [1.29, 1.82) is 0 Å². The van der Waals surface area contributed by atoms with Crippen LogP contribution in [0, 0.1) is 0 Å². The zero-order valence-electron chi connectivity index (χ0n) is 12.1. The molecule has 1 N–H and O–H groups in total. The van der Waals surface area contributed by atoms with Crippen molar-refractivity contribution in [2.24, 2.45) is 7.05 Å². The van der Waals surface area contributed by atoms with Gasteiger partial charge in [-0.3, -0.25) is 4.68 Å². The Morgan fingerprint density at radius 2 is 2.40 bits per heavy atom. The van der Waals surface area contributed by atoms with E-state index in [9.17, 15) is 0 Å². The van der Waals surface area contributed by atoms with E-state index in [0.29, 0.717) is 6.04 Å². The number of fused-ring (bicyclic) bond motifs is 1. The molecule has 20 heavy (non-hydrogen) atoms. The minimum atomic E-state index is 0.421. The Morgan fingerprint density at radius 1 is 1.50 bits per heavy atom. The zero-order chi connectivity index (χ0) is 13.9. The summed E-state index contributed by atoms with van der Waals surface area (Å²) < 4.78 is 1.88. The summed E-state index contributed by atoms with van der Waals surface area (Å²) in [5, 5.41) is 7.91. The molecule has 2 aromatic rings. The smallest absolute Gasteiger partial charge is 0.0522 e. The third kappa shape index (κ3) is 3.10. The SMILES string of the molecule is CCNC(Cc1cnn(C)c1)c1cc2c(s1)CCSC2. The summed E-state index contributed by atoms with van der Waals surface area (Å²) >= 11 is 4.06. The molecule has 1 unspecified atom stereocenters. The van der Waals surface area contributed by atoms with Gasteiger partial charge in [-0.25, -0.2) is 0 Å². The van der Waals surface area contributed by atoms with Crippen LogP contribution in [0.25, 0.3) is 0 Å². The van der Waals surface area contributed by atoms with E-state index >= 15 is 0 Å². The topological polar surface area (TPSA) is 29.9 Å². The van der Waals surface area contributed by atoms with Crippen LogP contribution >= 0.6 is 23.1 Å². The Hall–Kier alpha value is -0.780.